The monoisotopic (exact) mass is 429 g/mol. The molecule has 3 N–H and O–H groups in total. The van der Waals surface area contributed by atoms with Crippen LogP contribution in [0.5, 0.6) is 5.75 Å². The Labute approximate surface area is 162 Å². The van der Waals surface area contributed by atoms with Crippen LogP contribution in [0.2, 0.25) is 0 Å². The Kier molecular flexibility index (Phi) is 10.1. The first-order valence-electron chi connectivity index (χ1n) is 8.30. The van der Waals surface area contributed by atoms with E-state index in [-0.39, 0.29) is 11.0 Å². The predicted molar refractivity (Wildman–Crippen MR) is 105 cm³/mol. The van der Waals surface area contributed by atoms with Gasteiger partial charge in [-0.3, -0.25) is 25.8 Å². The highest BCUT2D eigenvalue weighted by Crippen LogP contribution is 2.23. The standard InChI is InChI=1S/C17H24BrN3O3S/c1-3-5-6-7-15(22)20-21-17(25)19-16(23)13-11-12(18)8-9-14(13)24-10-4-2/h8-9,11H,3-7,10H2,1-2H3,(H,20,22)(H2,19,21,23,25). The summed E-state index contributed by atoms with van der Waals surface area (Å²) >= 11 is 8.38. The van der Waals surface area contributed by atoms with Gasteiger partial charge in [0.05, 0.1) is 12.2 Å². The van der Waals surface area contributed by atoms with E-state index in [1.807, 2.05) is 6.92 Å². The van der Waals surface area contributed by atoms with Crippen molar-refractivity contribution >= 4 is 45.1 Å². The number of rotatable bonds is 8. The summed E-state index contributed by atoms with van der Waals surface area (Å²) in [4.78, 5) is 24.0. The molecule has 1 aromatic carbocycles. The number of carbonyl (C=O) groups is 2. The van der Waals surface area contributed by atoms with Crippen molar-refractivity contribution in [1.29, 1.82) is 0 Å². The molecule has 0 saturated heterocycles. The first-order chi connectivity index (χ1) is 12.0. The maximum absolute atomic E-state index is 12.4. The Balaban J connectivity index is 2.56. The van der Waals surface area contributed by atoms with E-state index >= 15 is 0 Å². The lowest BCUT2D eigenvalue weighted by Crippen LogP contribution is -2.48. The van der Waals surface area contributed by atoms with Crippen molar-refractivity contribution in [3.05, 3.63) is 28.2 Å². The van der Waals surface area contributed by atoms with Crippen molar-refractivity contribution < 1.29 is 14.3 Å². The van der Waals surface area contributed by atoms with E-state index in [1.165, 1.54) is 0 Å². The number of carbonyl (C=O) groups excluding carboxylic acids is 2. The maximum Gasteiger partial charge on any atom is 0.261 e. The van der Waals surface area contributed by atoms with Crippen molar-refractivity contribution in [1.82, 2.24) is 16.2 Å². The molecule has 0 bridgehead atoms. The SMILES string of the molecule is CCCCCC(=O)NNC(=S)NC(=O)c1cc(Br)ccc1OCCC. The third-order valence-corrected chi connectivity index (χ3v) is 3.90. The number of hydrazine groups is 1. The number of hydrogen-bond donors (Lipinski definition) is 3. The fourth-order valence-electron chi connectivity index (χ4n) is 1.94. The van der Waals surface area contributed by atoms with Crippen LogP contribution in [0.25, 0.3) is 0 Å². The van der Waals surface area contributed by atoms with Crippen LogP contribution in [0, 0.1) is 0 Å². The molecule has 0 aliphatic heterocycles. The molecule has 25 heavy (non-hydrogen) atoms. The Hall–Kier alpha value is -1.67. The molecule has 0 aliphatic rings. The zero-order valence-electron chi connectivity index (χ0n) is 14.5. The molecule has 138 valence electrons. The topological polar surface area (TPSA) is 79.5 Å². The minimum absolute atomic E-state index is 0.0234. The summed E-state index contributed by atoms with van der Waals surface area (Å²) < 4.78 is 6.34. The Morgan fingerprint density at radius 2 is 1.92 bits per heavy atom. The van der Waals surface area contributed by atoms with Gasteiger partial charge in [0.2, 0.25) is 5.91 Å². The second-order valence-corrected chi connectivity index (χ2v) is 6.73. The molecule has 0 aliphatic carbocycles. The highest BCUT2D eigenvalue weighted by Gasteiger charge is 2.15. The van der Waals surface area contributed by atoms with Crippen LogP contribution >= 0.6 is 28.1 Å². The van der Waals surface area contributed by atoms with E-state index in [0.717, 1.165) is 30.2 Å². The van der Waals surface area contributed by atoms with Crippen LogP contribution in [0.15, 0.2) is 22.7 Å². The van der Waals surface area contributed by atoms with Gasteiger partial charge < -0.3 is 4.74 Å². The molecular weight excluding hydrogens is 406 g/mol. The van der Waals surface area contributed by atoms with Crippen LogP contribution in [-0.4, -0.2) is 23.5 Å². The fourth-order valence-corrected chi connectivity index (χ4v) is 2.45. The molecule has 1 rings (SSSR count). The summed E-state index contributed by atoms with van der Waals surface area (Å²) in [6, 6.07) is 5.18. The molecule has 0 atom stereocenters. The fraction of sp³-hybridized carbons (Fsp3) is 0.471. The van der Waals surface area contributed by atoms with Gasteiger partial charge in [-0.1, -0.05) is 42.6 Å². The second-order valence-electron chi connectivity index (χ2n) is 5.40. The lowest BCUT2D eigenvalue weighted by Gasteiger charge is -2.13. The van der Waals surface area contributed by atoms with Gasteiger partial charge in [-0.25, -0.2) is 0 Å². The quantitative estimate of drug-likeness (QED) is 0.335. The van der Waals surface area contributed by atoms with Gasteiger partial charge in [-0.2, -0.15) is 0 Å². The van der Waals surface area contributed by atoms with Gasteiger partial charge in [0.15, 0.2) is 5.11 Å². The van der Waals surface area contributed by atoms with E-state index < -0.39 is 5.91 Å². The van der Waals surface area contributed by atoms with E-state index in [9.17, 15) is 9.59 Å². The van der Waals surface area contributed by atoms with Crippen LogP contribution in [0.3, 0.4) is 0 Å². The summed E-state index contributed by atoms with van der Waals surface area (Å²) in [6.07, 6.45) is 4.11. The summed E-state index contributed by atoms with van der Waals surface area (Å²) in [5, 5.41) is 2.55. The number of unbranched alkanes of at least 4 members (excludes halogenated alkanes) is 2. The molecule has 6 nitrogen and oxygen atoms in total. The molecule has 2 amide bonds. The van der Waals surface area contributed by atoms with Crippen molar-refractivity contribution in [2.24, 2.45) is 0 Å². The number of benzene rings is 1. The average molecular weight is 430 g/mol. The number of thiocarbonyl (C=S) groups is 1. The van der Waals surface area contributed by atoms with Crippen molar-refractivity contribution in [3.63, 3.8) is 0 Å². The number of ether oxygens (including phenoxy) is 1. The Morgan fingerprint density at radius 3 is 2.60 bits per heavy atom. The largest absolute Gasteiger partial charge is 0.493 e. The Morgan fingerprint density at radius 1 is 1.16 bits per heavy atom. The third kappa shape index (κ3) is 8.31. The summed E-state index contributed by atoms with van der Waals surface area (Å²) in [6.45, 7) is 4.57. The van der Waals surface area contributed by atoms with E-state index in [4.69, 9.17) is 17.0 Å². The number of hydrogen-bond acceptors (Lipinski definition) is 4. The lowest BCUT2D eigenvalue weighted by atomic mass is 10.2. The van der Waals surface area contributed by atoms with Crippen LogP contribution in [0.1, 0.15) is 56.3 Å². The van der Waals surface area contributed by atoms with Gasteiger partial charge in [0.1, 0.15) is 5.75 Å². The van der Waals surface area contributed by atoms with Crippen LogP contribution in [0.4, 0.5) is 0 Å². The molecule has 1 aromatic rings. The van der Waals surface area contributed by atoms with E-state index in [1.54, 1.807) is 18.2 Å². The second kappa shape index (κ2) is 11.8. The lowest BCUT2D eigenvalue weighted by molar-refractivity contribution is -0.121. The average Bonchev–Trinajstić information content (AvgIpc) is 2.59. The highest BCUT2D eigenvalue weighted by atomic mass is 79.9. The normalized spacial score (nSPS) is 10.0. The van der Waals surface area contributed by atoms with Gasteiger partial charge in [0.25, 0.3) is 5.91 Å². The molecule has 0 spiro atoms. The summed E-state index contributed by atoms with van der Waals surface area (Å²) in [5.74, 6) is -0.0986. The van der Waals surface area contributed by atoms with Crippen molar-refractivity contribution in [2.45, 2.75) is 46.0 Å². The minimum atomic E-state index is -0.412. The molecule has 0 radical (unpaired) electrons. The zero-order chi connectivity index (χ0) is 18.7. The zero-order valence-corrected chi connectivity index (χ0v) is 16.9. The highest BCUT2D eigenvalue weighted by molar-refractivity contribution is 9.10. The molecular formula is C17H24BrN3O3S. The van der Waals surface area contributed by atoms with Crippen molar-refractivity contribution in [2.75, 3.05) is 6.61 Å². The Bertz CT molecular complexity index is 611. The smallest absolute Gasteiger partial charge is 0.261 e. The maximum atomic E-state index is 12.4. The third-order valence-electron chi connectivity index (χ3n) is 3.20. The summed E-state index contributed by atoms with van der Waals surface area (Å²) in [7, 11) is 0. The van der Waals surface area contributed by atoms with Crippen molar-refractivity contribution in [3.8, 4) is 5.75 Å². The van der Waals surface area contributed by atoms with Gasteiger partial charge in [0, 0.05) is 10.9 Å². The summed E-state index contributed by atoms with van der Waals surface area (Å²) in [5.41, 5.74) is 5.37. The molecule has 0 fully saturated rings. The molecule has 0 aromatic heterocycles. The minimum Gasteiger partial charge on any atom is -0.493 e. The molecule has 0 saturated carbocycles. The molecule has 0 unspecified atom stereocenters. The van der Waals surface area contributed by atoms with E-state index in [2.05, 4.69) is 39.0 Å². The van der Waals surface area contributed by atoms with Gasteiger partial charge in [-0.05, 0) is 43.3 Å². The first-order valence-corrected chi connectivity index (χ1v) is 9.50. The predicted octanol–water partition coefficient (Wildman–Crippen LogP) is 3.45. The van der Waals surface area contributed by atoms with E-state index in [0.29, 0.717) is 24.3 Å². The molecule has 8 heteroatoms. The number of amides is 2. The number of halogens is 1. The molecule has 0 heterocycles. The van der Waals surface area contributed by atoms with Gasteiger partial charge >= 0.3 is 0 Å². The number of nitrogens with one attached hydrogen (secondary N) is 3. The first kappa shape index (κ1) is 21.4. The van der Waals surface area contributed by atoms with Gasteiger partial charge in [-0.15, -0.1) is 0 Å². The van der Waals surface area contributed by atoms with Crippen LogP contribution in [-0.2, 0) is 4.79 Å². The van der Waals surface area contributed by atoms with Crippen LogP contribution < -0.4 is 20.9 Å².